The summed E-state index contributed by atoms with van der Waals surface area (Å²) in [6.07, 6.45) is 1.46. The molecule has 21 heavy (non-hydrogen) atoms. The first-order valence-electron chi connectivity index (χ1n) is 7.00. The second-order valence-electron chi connectivity index (χ2n) is 4.98. The van der Waals surface area contributed by atoms with E-state index in [1.54, 1.807) is 6.07 Å². The number of rotatable bonds is 5. The van der Waals surface area contributed by atoms with Gasteiger partial charge in [0.15, 0.2) is 0 Å². The Hall–Kier alpha value is -2.40. The van der Waals surface area contributed by atoms with E-state index in [0.29, 0.717) is 6.54 Å². The zero-order valence-electron chi connectivity index (χ0n) is 12.0. The predicted octanol–water partition coefficient (Wildman–Crippen LogP) is 2.24. The Morgan fingerprint density at radius 2 is 2.05 bits per heavy atom. The van der Waals surface area contributed by atoms with Gasteiger partial charge in [-0.15, -0.1) is 0 Å². The average molecular weight is 282 g/mol. The van der Waals surface area contributed by atoms with Crippen LogP contribution in [-0.4, -0.2) is 26.2 Å². The molecule has 0 aliphatic heterocycles. The Balaban J connectivity index is 1.59. The highest BCUT2D eigenvalue weighted by molar-refractivity contribution is 5.75. The zero-order valence-corrected chi connectivity index (χ0v) is 12.0. The molecule has 0 aliphatic carbocycles. The van der Waals surface area contributed by atoms with Crippen molar-refractivity contribution in [1.82, 2.24) is 19.9 Å². The number of pyridine rings is 1. The lowest BCUT2D eigenvalue weighted by molar-refractivity contribution is 0.471. The second kappa shape index (κ2) is 5.93. The maximum atomic E-state index is 9.19. The summed E-state index contributed by atoms with van der Waals surface area (Å²) in [4.78, 5) is 8.70. The smallest absolute Gasteiger partial charge is 0.133 e. The van der Waals surface area contributed by atoms with Gasteiger partial charge in [0.05, 0.1) is 22.9 Å². The number of hydrogen-bond acceptors (Lipinski definition) is 4. The molecule has 0 aliphatic rings. The number of para-hydroxylation sites is 2. The van der Waals surface area contributed by atoms with Crippen LogP contribution in [0.25, 0.3) is 11.0 Å². The van der Waals surface area contributed by atoms with Crippen molar-refractivity contribution in [2.75, 3.05) is 6.54 Å². The fraction of sp³-hybridized carbons (Fsp3) is 0.250. The highest BCUT2D eigenvalue weighted by Crippen LogP contribution is 2.14. The number of nitrogens with one attached hydrogen (secondary N) is 1. The summed E-state index contributed by atoms with van der Waals surface area (Å²) in [7, 11) is 0. The van der Waals surface area contributed by atoms with Gasteiger partial charge in [-0.1, -0.05) is 12.1 Å². The van der Waals surface area contributed by atoms with Crippen LogP contribution in [0.4, 0.5) is 0 Å². The summed E-state index contributed by atoms with van der Waals surface area (Å²) in [5.41, 5.74) is 3.12. The van der Waals surface area contributed by atoms with Crippen LogP contribution in [-0.2, 0) is 13.1 Å². The molecule has 0 bridgehead atoms. The van der Waals surface area contributed by atoms with Crippen molar-refractivity contribution >= 4 is 11.0 Å². The zero-order chi connectivity index (χ0) is 14.7. The van der Waals surface area contributed by atoms with E-state index in [-0.39, 0.29) is 5.75 Å². The number of aromatic nitrogens is 3. The Bertz CT molecular complexity index is 734. The molecule has 1 aromatic carbocycles. The van der Waals surface area contributed by atoms with Gasteiger partial charge in [-0.25, -0.2) is 4.98 Å². The van der Waals surface area contributed by atoms with Crippen LogP contribution in [0, 0.1) is 6.92 Å². The molecule has 5 heteroatoms. The molecule has 2 aromatic heterocycles. The molecule has 3 rings (SSSR count). The molecular formula is C16H18N4O. The molecule has 0 spiro atoms. The monoisotopic (exact) mass is 282 g/mol. The van der Waals surface area contributed by atoms with E-state index in [9.17, 15) is 5.11 Å². The maximum Gasteiger partial charge on any atom is 0.133 e. The minimum Gasteiger partial charge on any atom is -0.506 e. The normalized spacial score (nSPS) is 11.1. The van der Waals surface area contributed by atoms with Gasteiger partial charge < -0.3 is 15.0 Å². The maximum absolute atomic E-state index is 9.19. The van der Waals surface area contributed by atoms with Gasteiger partial charge in [-0.3, -0.25) is 4.98 Å². The largest absolute Gasteiger partial charge is 0.506 e. The van der Waals surface area contributed by atoms with Crippen molar-refractivity contribution in [1.29, 1.82) is 0 Å². The van der Waals surface area contributed by atoms with Crippen LogP contribution >= 0.6 is 0 Å². The molecular weight excluding hydrogens is 264 g/mol. The SMILES string of the molecule is Cc1nc2ccccc2n1CCNCc1ccc(O)cn1. The summed E-state index contributed by atoms with van der Waals surface area (Å²) in [5, 5.41) is 12.5. The molecule has 0 saturated carbocycles. The van der Waals surface area contributed by atoms with Crippen molar-refractivity contribution in [2.45, 2.75) is 20.0 Å². The fourth-order valence-electron chi connectivity index (χ4n) is 2.41. The van der Waals surface area contributed by atoms with Gasteiger partial charge in [0.1, 0.15) is 11.6 Å². The highest BCUT2D eigenvalue weighted by atomic mass is 16.3. The predicted molar refractivity (Wildman–Crippen MR) is 82.1 cm³/mol. The quantitative estimate of drug-likeness (QED) is 0.704. The molecule has 3 aromatic rings. The second-order valence-corrected chi connectivity index (χ2v) is 4.98. The van der Waals surface area contributed by atoms with Gasteiger partial charge in [-0.2, -0.15) is 0 Å². The van der Waals surface area contributed by atoms with Crippen molar-refractivity contribution in [3.05, 3.63) is 54.1 Å². The lowest BCUT2D eigenvalue weighted by atomic mass is 10.3. The number of aryl methyl sites for hydroxylation is 1. The van der Waals surface area contributed by atoms with Gasteiger partial charge in [0, 0.05) is 19.6 Å². The van der Waals surface area contributed by atoms with Crippen LogP contribution < -0.4 is 5.32 Å². The number of aromatic hydroxyl groups is 1. The lowest BCUT2D eigenvalue weighted by Gasteiger charge is -2.08. The van der Waals surface area contributed by atoms with Crippen molar-refractivity contribution < 1.29 is 5.11 Å². The van der Waals surface area contributed by atoms with E-state index in [4.69, 9.17) is 0 Å². The van der Waals surface area contributed by atoms with E-state index in [0.717, 1.165) is 30.1 Å². The molecule has 0 unspecified atom stereocenters. The molecule has 108 valence electrons. The fourth-order valence-corrected chi connectivity index (χ4v) is 2.41. The van der Waals surface area contributed by atoms with Gasteiger partial charge in [-0.05, 0) is 31.2 Å². The molecule has 2 N–H and O–H groups in total. The van der Waals surface area contributed by atoms with Crippen LogP contribution in [0.3, 0.4) is 0 Å². The van der Waals surface area contributed by atoms with E-state index in [2.05, 4.69) is 25.9 Å². The minimum absolute atomic E-state index is 0.194. The number of nitrogens with zero attached hydrogens (tertiary/aromatic N) is 3. The number of benzene rings is 1. The third kappa shape index (κ3) is 3.03. The third-order valence-corrected chi connectivity index (χ3v) is 3.47. The van der Waals surface area contributed by atoms with E-state index < -0.39 is 0 Å². The van der Waals surface area contributed by atoms with Crippen LogP contribution in [0.1, 0.15) is 11.5 Å². The Kier molecular flexibility index (Phi) is 3.83. The Labute approximate surface area is 123 Å². The minimum atomic E-state index is 0.194. The summed E-state index contributed by atoms with van der Waals surface area (Å²) < 4.78 is 2.21. The van der Waals surface area contributed by atoms with Crippen molar-refractivity contribution in [3.8, 4) is 5.75 Å². The molecule has 2 heterocycles. The van der Waals surface area contributed by atoms with Gasteiger partial charge >= 0.3 is 0 Å². The number of hydrogen-bond donors (Lipinski definition) is 2. The van der Waals surface area contributed by atoms with Crippen molar-refractivity contribution in [3.63, 3.8) is 0 Å². The molecule has 0 atom stereocenters. The number of imidazole rings is 1. The summed E-state index contributed by atoms with van der Waals surface area (Å²) >= 11 is 0. The van der Waals surface area contributed by atoms with Crippen LogP contribution in [0.15, 0.2) is 42.6 Å². The first-order chi connectivity index (χ1) is 10.2. The van der Waals surface area contributed by atoms with Crippen molar-refractivity contribution in [2.24, 2.45) is 0 Å². The average Bonchev–Trinajstić information content (AvgIpc) is 2.81. The van der Waals surface area contributed by atoms with E-state index in [1.807, 2.05) is 31.2 Å². The first-order valence-corrected chi connectivity index (χ1v) is 7.00. The summed E-state index contributed by atoms with van der Waals surface area (Å²) in [5.74, 6) is 1.22. The van der Waals surface area contributed by atoms with E-state index >= 15 is 0 Å². The standard InChI is InChI=1S/C16H18N4O/c1-12-19-15-4-2-3-5-16(15)20(12)9-8-17-10-13-6-7-14(21)11-18-13/h2-7,11,17,21H,8-10H2,1H3. The van der Waals surface area contributed by atoms with Crippen LogP contribution in [0.2, 0.25) is 0 Å². The Morgan fingerprint density at radius 1 is 1.19 bits per heavy atom. The molecule has 5 nitrogen and oxygen atoms in total. The first kappa shape index (κ1) is 13.6. The molecule has 0 saturated heterocycles. The van der Waals surface area contributed by atoms with Gasteiger partial charge in [0.2, 0.25) is 0 Å². The van der Waals surface area contributed by atoms with E-state index in [1.165, 1.54) is 11.7 Å². The molecule has 0 fully saturated rings. The summed E-state index contributed by atoms with van der Waals surface area (Å²) in [6, 6.07) is 11.6. The molecule has 0 amide bonds. The van der Waals surface area contributed by atoms with Gasteiger partial charge in [0.25, 0.3) is 0 Å². The van der Waals surface area contributed by atoms with Crippen LogP contribution in [0.5, 0.6) is 5.75 Å². The third-order valence-electron chi connectivity index (χ3n) is 3.47. The molecule has 0 radical (unpaired) electrons. The number of fused-ring (bicyclic) bond motifs is 1. The highest BCUT2D eigenvalue weighted by Gasteiger charge is 2.05. The summed E-state index contributed by atoms with van der Waals surface area (Å²) in [6.45, 7) is 4.42. The lowest BCUT2D eigenvalue weighted by Crippen LogP contribution is -2.20. The topological polar surface area (TPSA) is 63.0 Å². The Morgan fingerprint density at radius 3 is 2.86 bits per heavy atom.